The van der Waals surface area contributed by atoms with E-state index < -0.39 is 5.91 Å². The molecule has 1 aliphatic heterocycles. The summed E-state index contributed by atoms with van der Waals surface area (Å²) in [7, 11) is 0. The van der Waals surface area contributed by atoms with Gasteiger partial charge in [0, 0.05) is 63.3 Å². The second-order valence-corrected chi connectivity index (χ2v) is 8.34. The summed E-state index contributed by atoms with van der Waals surface area (Å²) in [5, 5.41) is 6.59. The zero-order valence-electron chi connectivity index (χ0n) is 19.3. The molecule has 3 aromatic rings. The molecule has 176 valence electrons. The average Bonchev–Trinajstić information content (AvgIpc) is 3.10. The highest BCUT2D eigenvalue weighted by Gasteiger charge is 2.17. The van der Waals surface area contributed by atoms with Gasteiger partial charge in [-0.15, -0.1) is 0 Å². The maximum absolute atomic E-state index is 11.9. The number of nitrogens with zero attached hydrogens (tertiary/aromatic N) is 3. The second kappa shape index (κ2) is 10.7. The van der Waals surface area contributed by atoms with Crippen LogP contribution < -0.4 is 21.3 Å². The average molecular weight is 459 g/mol. The second-order valence-electron chi connectivity index (χ2n) is 8.34. The van der Waals surface area contributed by atoms with Gasteiger partial charge in [-0.25, -0.2) is 4.98 Å². The number of hydrogen-bond donors (Lipinski definition) is 3. The van der Waals surface area contributed by atoms with Crippen LogP contribution in [0.4, 0.5) is 22.9 Å². The molecular weight excluding hydrogens is 428 g/mol. The minimum Gasteiger partial charge on any atom is -0.380 e. The van der Waals surface area contributed by atoms with Crippen molar-refractivity contribution in [2.75, 3.05) is 41.7 Å². The van der Waals surface area contributed by atoms with Gasteiger partial charge in [0.25, 0.3) is 5.91 Å². The van der Waals surface area contributed by atoms with Gasteiger partial charge in [0.1, 0.15) is 5.82 Å². The Morgan fingerprint density at radius 3 is 2.47 bits per heavy atom. The fourth-order valence-electron chi connectivity index (χ4n) is 4.05. The third kappa shape index (κ3) is 5.83. The van der Waals surface area contributed by atoms with Gasteiger partial charge >= 0.3 is 0 Å². The van der Waals surface area contributed by atoms with Crippen LogP contribution in [0.3, 0.4) is 0 Å². The van der Waals surface area contributed by atoms with Gasteiger partial charge in [0.2, 0.25) is 5.91 Å². The van der Waals surface area contributed by atoms with Crippen molar-refractivity contribution in [2.24, 2.45) is 5.73 Å². The molecule has 0 aliphatic carbocycles. The summed E-state index contributed by atoms with van der Waals surface area (Å²) in [5.41, 5.74) is 9.63. The van der Waals surface area contributed by atoms with Crippen molar-refractivity contribution in [1.29, 1.82) is 0 Å². The Hall–Kier alpha value is -4.07. The van der Waals surface area contributed by atoms with Crippen molar-refractivity contribution in [3.8, 4) is 0 Å². The lowest BCUT2D eigenvalue weighted by molar-refractivity contribution is -0.128. The van der Waals surface area contributed by atoms with Gasteiger partial charge in [-0.1, -0.05) is 30.3 Å². The fraction of sp³-hybridized carbons (Fsp3) is 0.269. The van der Waals surface area contributed by atoms with E-state index in [2.05, 4.69) is 32.7 Å². The van der Waals surface area contributed by atoms with Crippen LogP contribution in [0.25, 0.3) is 0 Å². The molecule has 4 N–H and O–H groups in total. The topological polar surface area (TPSA) is 104 Å². The van der Waals surface area contributed by atoms with Crippen molar-refractivity contribution in [3.05, 3.63) is 78.0 Å². The number of amides is 2. The molecular formula is C26H30N6O2. The standard InChI is InChI=1S/C26H30N6O2/c1-19(33)31-12-5-13-32(15-14-31)22-10-8-21(9-11-22)30-25-16-24(23(18-29-25)26(27)34)28-17-20-6-3-2-4-7-20/h2-4,6-11,16,18H,5,12-15,17H2,1H3,(H2,27,34)(H2,28,29,30). The quantitative estimate of drug-likeness (QED) is 0.500. The molecule has 0 atom stereocenters. The van der Waals surface area contributed by atoms with Gasteiger partial charge in [0.05, 0.1) is 11.3 Å². The number of nitrogens with one attached hydrogen (secondary N) is 2. The van der Waals surface area contributed by atoms with E-state index in [-0.39, 0.29) is 5.91 Å². The SMILES string of the molecule is CC(=O)N1CCCN(c2ccc(Nc3cc(NCc4ccccc4)c(C(N)=O)cn3)cc2)CC1. The lowest BCUT2D eigenvalue weighted by Gasteiger charge is -2.23. The third-order valence-electron chi connectivity index (χ3n) is 5.94. The largest absolute Gasteiger partial charge is 0.380 e. The highest BCUT2D eigenvalue weighted by molar-refractivity contribution is 5.98. The first kappa shape index (κ1) is 23.1. The number of carbonyl (C=O) groups excluding carboxylic acids is 2. The van der Waals surface area contributed by atoms with E-state index in [1.54, 1.807) is 13.0 Å². The molecule has 34 heavy (non-hydrogen) atoms. The third-order valence-corrected chi connectivity index (χ3v) is 5.94. The Balaban J connectivity index is 1.43. The predicted molar refractivity (Wildman–Crippen MR) is 135 cm³/mol. The molecule has 1 aliphatic rings. The van der Waals surface area contributed by atoms with Crippen LogP contribution >= 0.6 is 0 Å². The Labute approximate surface area is 199 Å². The molecule has 8 nitrogen and oxygen atoms in total. The van der Waals surface area contributed by atoms with Gasteiger partial charge < -0.3 is 26.2 Å². The molecule has 0 unspecified atom stereocenters. The number of carbonyl (C=O) groups is 2. The molecule has 1 fully saturated rings. The summed E-state index contributed by atoms with van der Waals surface area (Å²) in [6, 6.07) is 19.9. The molecule has 0 saturated carbocycles. The Bertz CT molecular complexity index is 1130. The molecule has 0 spiro atoms. The zero-order valence-corrected chi connectivity index (χ0v) is 19.3. The summed E-state index contributed by atoms with van der Waals surface area (Å²) in [5.74, 6) is 0.216. The Morgan fingerprint density at radius 2 is 1.76 bits per heavy atom. The molecule has 1 saturated heterocycles. The number of primary amides is 1. The summed E-state index contributed by atoms with van der Waals surface area (Å²) >= 11 is 0. The first-order valence-corrected chi connectivity index (χ1v) is 11.4. The number of aromatic nitrogens is 1. The van der Waals surface area contributed by atoms with Crippen molar-refractivity contribution < 1.29 is 9.59 Å². The summed E-state index contributed by atoms with van der Waals surface area (Å²) < 4.78 is 0. The van der Waals surface area contributed by atoms with Gasteiger partial charge in [-0.3, -0.25) is 9.59 Å². The van der Waals surface area contributed by atoms with Crippen molar-refractivity contribution in [1.82, 2.24) is 9.88 Å². The monoisotopic (exact) mass is 458 g/mol. The number of benzene rings is 2. The summed E-state index contributed by atoms with van der Waals surface area (Å²) in [6.07, 6.45) is 2.44. The van der Waals surface area contributed by atoms with Crippen LogP contribution in [0.1, 0.15) is 29.3 Å². The summed E-state index contributed by atoms with van der Waals surface area (Å²) in [4.78, 5) is 32.1. The smallest absolute Gasteiger partial charge is 0.252 e. The molecule has 4 rings (SSSR count). The fourth-order valence-corrected chi connectivity index (χ4v) is 4.05. The zero-order chi connectivity index (χ0) is 23.9. The van der Waals surface area contributed by atoms with E-state index in [1.165, 1.54) is 6.20 Å². The van der Waals surface area contributed by atoms with Crippen LogP contribution in [-0.4, -0.2) is 47.9 Å². The van der Waals surface area contributed by atoms with Crippen molar-refractivity contribution in [2.45, 2.75) is 19.9 Å². The number of pyridine rings is 1. The lowest BCUT2D eigenvalue weighted by Crippen LogP contribution is -2.33. The van der Waals surface area contributed by atoms with E-state index >= 15 is 0 Å². The minimum absolute atomic E-state index is 0.133. The number of nitrogens with two attached hydrogens (primary N) is 1. The number of anilines is 4. The maximum Gasteiger partial charge on any atom is 0.252 e. The molecule has 0 radical (unpaired) electrons. The van der Waals surface area contributed by atoms with Gasteiger partial charge in [-0.2, -0.15) is 0 Å². The van der Waals surface area contributed by atoms with Crippen molar-refractivity contribution >= 4 is 34.7 Å². The highest BCUT2D eigenvalue weighted by Crippen LogP contribution is 2.24. The van der Waals surface area contributed by atoms with Crippen molar-refractivity contribution in [3.63, 3.8) is 0 Å². The van der Waals surface area contributed by atoms with E-state index in [1.807, 2.05) is 47.4 Å². The van der Waals surface area contributed by atoms with Crippen LogP contribution in [-0.2, 0) is 11.3 Å². The Morgan fingerprint density at radius 1 is 1.00 bits per heavy atom. The van der Waals surface area contributed by atoms with Crippen LogP contribution in [0.5, 0.6) is 0 Å². The van der Waals surface area contributed by atoms with E-state index in [9.17, 15) is 9.59 Å². The van der Waals surface area contributed by atoms with Crippen LogP contribution in [0.15, 0.2) is 66.9 Å². The Kier molecular flexibility index (Phi) is 7.27. The first-order chi connectivity index (χ1) is 16.5. The highest BCUT2D eigenvalue weighted by atomic mass is 16.2. The first-order valence-electron chi connectivity index (χ1n) is 11.4. The van der Waals surface area contributed by atoms with Gasteiger partial charge in [-0.05, 0) is 36.2 Å². The molecule has 8 heteroatoms. The minimum atomic E-state index is -0.528. The molecule has 2 heterocycles. The number of hydrogen-bond acceptors (Lipinski definition) is 6. The molecule has 2 aromatic carbocycles. The number of rotatable bonds is 7. The van der Waals surface area contributed by atoms with Gasteiger partial charge in [0.15, 0.2) is 0 Å². The van der Waals surface area contributed by atoms with E-state index in [0.717, 1.165) is 49.5 Å². The normalized spacial score (nSPS) is 13.8. The van der Waals surface area contributed by atoms with E-state index in [4.69, 9.17) is 5.73 Å². The van der Waals surface area contributed by atoms with E-state index in [0.29, 0.717) is 23.6 Å². The lowest BCUT2D eigenvalue weighted by atomic mass is 10.2. The molecule has 0 bridgehead atoms. The molecule has 1 aromatic heterocycles. The predicted octanol–water partition coefficient (Wildman–Crippen LogP) is 3.59. The summed E-state index contributed by atoms with van der Waals surface area (Å²) in [6.45, 7) is 5.48. The maximum atomic E-state index is 11.9. The van der Waals surface area contributed by atoms with Crippen LogP contribution in [0, 0.1) is 0 Å². The van der Waals surface area contributed by atoms with Crippen LogP contribution in [0.2, 0.25) is 0 Å². The molecule has 2 amide bonds.